The van der Waals surface area contributed by atoms with E-state index in [9.17, 15) is 4.79 Å². The Bertz CT molecular complexity index is 155. The van der Waals surface area contributed by atoms with Crippen molar-refractivity contribution >= 4 is 5.91 Å². The van der Waals surface area contributed by atoms with Crippen LogP contribution in [0.2, 0.25) is 0 Å². The predicted molar refractivity (Wildman–Crippen MR) is 55.4 cm³/mol. The molecular formula is C10H22N2O. The van der Waals surface area contributed by atoms with E-state index in [1.54, 1.807) is 0 Å². The van der Waals surface area contributed by atoms with Gasteiger partial charge < -0.3 is 10.6 Å². The molecule has 0 atom stereocenters. The van der Waals surface area contributed by atoms with E-state index in [0.717, 1.165) is 0 Å². The second-order valence-electron chi connectivity index (χ2n) is 4.07. The zero-order chi connectivity index (χ0) is 10.4. The Labute approximate surface area is 81.3 Å². The molecule has 0 unspecified atom stereocenters. The minimum absolute atomic E-state index is 0.218. The maximum Gasteiger partial charge on any atom is 0.223 e. The lowest BCUT2D eigenvalue weighted by atomic mass is 10.1. The van der Waals surface area contributed by atoms with Crippen molar-refractivity contribution in [1.29, 1.82) is 0 Å². The highest BCUT2D eigenvalue weighted by atomic mass is 16.2. The summed E-state index contributed by atoms with van der Waals surface area (Å²) in [6.45, 7) is 9.37. The van der Waals surface area contributed by atoms with Crippen molar-refractivity contribution < 1.29 is 4.79 Å². The molecule has 0 aromatic rings. The summed E-state index contributed by atoms with van der Waals surface area (Å²) in [7, 11) is 0. The van der Waals surface area contributed by atoms with Crippen LogP contribution in [0.15, 0.2) is 0 Å². The third-order valence-electron chi connectivity index (χ3n) is 1.90. The summed E-state index contributed by atoms with van der Waals surface area (Å²) in [5, 5.41) is 0. The summed E-state index contributed by atoms with van der Waals surface area (Å²) in [5.74, 6) is 0.641. The van der Waals surface area contributed by atoms with Crippen LogP contribution in [0.1, 0.15) is 34.1 Å². The fourth-order valence-corrected chi connectivity index (χ4v) is 1.28. The average molecular weight is 186 g/mol. The molecule has 2 N–H and O–H groups in total. The average Bonchev–Trinajstić information content (AvgIpc) is 1.97. The molecule has 3 nitrogen and oxygen atoms in total. The second kappa shape index (κ2) is 5.97. The van der Waals surface area contributed by atoms with Gasteiger partial charge in [-0.05, 0) is 19.8 Å². The molecule has 1 amide bonds. The molecule has 13 heavy (non-hydrogen) atoms. The SMILES string of the molecule is CC(C)CC(=O)N(CCN)C(C)C. The Morgan fingerprint density at radius 3 is 2.15 bits per heavy atom. The van der Waals surface area contributed by atoms with Gasteiger partial charge in [0.15, 0.2) is 0 Å². The highest BCUT2D eigenvalue weighted by Crippen LogP contribution is 2.06. The van der Waals surface area contributed by atoms with Crippen molar-refractivity contribution in [3.8, 4) is 0 Å². The molecule has 0 radical (unpaired) electrons. The van der Waals surface area contributed by atoms with E-state index in [2.05, 4.69) is 13.8 Å². The molecule has 0 rings (SSSR count). The molecule has 0 saturated carbocycles. The lowest BCUT2D eigenvalue weighted by Crippen LogP contribution is -2.40. The Hall–Kier alpha value is -0.570. The zero-order valence-electron chi connectivity index (χ0n) is 9.21. The zero-order valence-corrected chi connectivity index (χ0v) is 9.21. The maximum absolute atomic E-state index is 11.7. The molecule has 0 aliphatic carbocycles. The van der Waals surface area contributed by atoms with Crippen LogP contribution < -0.4 is 5.73 Å². The number of carbonyl (C=O) groups excluding carboxylic acids is 1. The Balaban J connectivity index is 4.11. The smallest absolute Gasteiger partial charge is 0.223 e. The number of nitrogens with two attached hydrogens (primary N) is 1. The van der Waals surface area contributed by atoms with Crippen molar-refractivity contribution in [3.63, 3.8) is 0 Å². The van der Waals surface area contributed by atoms with Crippen molar-refractivity contribution in [1.82, 2.24) is 4.90 Å². The molecule has 0 aromatic heterocycles. The molecule has 0 aliphatic heterocycles. The molecule has 78 valence electrons. The van der Waals surface area contributed by atoms with Crippen LogP contribution in [0.25, 0.3) is 0 Å². The number of rotatable bonds is 5. The molecule has 0 spiro atoms. The highest BCUT2D eigenvalue weighted by molar-refractivity contribution is 5.76. The minimum Gasteiger partial charge on any atom is -0.339 e. The molecule has 0 saturated heterocycles. The van der Waals surface area contributed by atoms with Crippen LogP contribution in [0.5, 0.6) is 0 Å². The van der Waals surface area contributed by atoms with Gasteiger partial charge in [-0.1, -0.05) is 13.8 Å². The van der Waals surface area contributed by atoms with Crippen LogP contribution in [0.3, 0.4) is 0 Å². The third-order valence-corrected chi connectivity index (χ3v) is 1.90. The topological polar surface area (TPSA) is 46.3 Å². The van der Waals surface area contributed by atoms with Gasteiger partial charge in [-0.3, -0.25) is 4.79 Å². The Morgan fingerprint density at radius 2 is 1.85 bits per heavy atom. The van der Waals surface area contributed by atoms with Gasteiger partial charge in [0.25, 0.3) is 0 Å². The van der Waals surface area contributed by atoms with Crippen LogP contribution in [-0.4, -0.2) is 29.9 Å². The summed E-state index contributed by atoms with van der Waals surface area (Å²) in [6.07, 6.45) is 0.623. The standard InChI is InChI=1S/C10H22N2O/c1-8(2)7-10(13)12(6-5-11)9(3)4/h8-9H,5-7,11H2,1-4H3. The van der Waals surface area contributed by atoms with Crippen molar-refractivity contribution in [2.24, 2.45) is 11.7 Å². The summed E-state index contributed by atoms with van der Waals surface area (Å²) in [5.41, 5.74) is 5.44. The largest absolute Gasteiger partial charge is 0.339 e. The summed E-state index contributed by atoms with van der Waals surface area (Å²) in [4.78, 5) is 13.5. The first-order chi connectivity index (χ1) is 5.99. The molecule has 0 aliphatic rings. The molecule has 3 heteroatoms. The fourth-order valence-electron chi connectivity index (χ4n) is 1.28. The quantitative estimate of drug-likeness (QED) is 0.702. The molecule has 0 aromatic carbocycles. The maximum atomic E-state index is 11.7. The first kappa shape index (κ1) is 12.4. The van der Waals surface area contributed by atoms with Crippen LogP contribution >= 0.6 is 0 Å². The number of amides is 1. The predicted octanol–water partition coefficient (Wildman–Crippen LogP) is 1.23. The van der Waals surface area contributed by atoms with Gasteiger partial charge in [0, 0.05) is 25.6 Å². The van der Waals surface area contributed by atoms with Crippen molar-refractivity contribution in [3.05, 3.63) is 0 Å². The van der Waals surface area contributed by atoms with Gasteiger partial charge in [-0.2, -0.15) is 0 Å². The molecule has 0 bridgehead atoms. The first-order valence-electron chi connectivity index (χ1n) is 4.98. The lowest BCUT2D eigenvalue weighted by Gasteiger charge is -2.26. The van der Waals surface area contributed by atoms with Gasteiger partial charge in [0.2, 0.25) is 5.91 Å². The van der Waals surface area contributed by atoms with E-state index in [1.165, 1.54) is 0 Å². The van der Waals surface area contributed by atoms with Crippen molar-refractivity contribution in [2.45, 2.75) is 40.2 Å². The number of carbonyl (C=O) groups is 1. The first-order valence-corrected chi connectivity index (χ1v) is 4.98. The van der Waals surface area contributed by atoms with E-state index in [-0.39, 0.29) is 11.9 Å². The third kappa shape index (κ3) is 4.88. The Morgan fingerprint density at radius 1 is 1.31 bits per heavy atom. The van der Waals surface area contributed by atoms with E-state index >= 15 is 0 Å². The van der Waals surface area contributed by atoms with Gasteiger partial charge in [0.05, 0.1) is 0 Å². The van der Waals surface area contributed by atoms with Gasteiger partial charge >= 0.3 is 0 Å². The van der Waals surface area contributed by atoms with Crippen molar-refractivity contribution in [2.75, 3.05) is 13.1 Å². The van der Waals surface area contributed by atoms with Gasteiger partial charge in [0.1, 0.15) is 0 Å². The number of hydrogen-bond donors (Lipinski definition) is 1. The van der Waals surface area contributed by atoms with E-state index < -0.39 is 0 Å². The summed E-state index contributed by atoms with van der Waals surface area (Å²) in [6, 6.07) is 0.259. The fraction of sp³-hybridized carbons (Fsp3) is 0.900. The molecule has 0 heterocycles. The van der Waals surface area contributed by atoms with E-state index in [4.69, 9.17) is 5.73 Å². The Kier molecular flexibility index (Phi) is 5.71. The monoisotopic (exact) mass is 186 g/mol. The molecular weight excluding hydrogens is 164 g/mol. The number of nitrogens with zero attached hydrogens (tertiary/aromatic N) is 1. The van der Waals surface area contributed by atoms with Gasteiger partial charge in [-0.15, -0.1) is 0 Å². The highest BCUT2D eigenvalue weighted by Gasteiger charge is 2.16. The van der Waals surface area contributed by atoms with Crippen LogP contribution in [0, 0.1) is 5.92 Å². The normalized spacial score (nSPS) is 11.0. The van der Waals surface area contributed by atoms with Crippen LogP contribution in [0.4, 0.5) is 0 Å². The van der Waals surface area contributed by atoms with Crippen LogP contribution in [-0.2, 0) is 4.79 Å². The number of hydrogen-bond acceptors (Lipinski definition) is 2. The van der Waals surface area contributed by atoms with E-state index in [0.29, 0.717) is 25.4 Å². The minimum atomic E-state index is 0.218. The van der Waals surface area contributed by atoms with E-state index in [1.807, 2.05) is 18.7 Å². The summed E-state index contributed by atoms with van der Waals surface area (Å²) < 4.78 is 0. The lowest BCUT2D eigenvalue weighted by molar-refractivity contribution is -0.133. The molecule has 0 fully saturated rings. The summed E-state index contributed by atoms with van der Waals surface area (Å²) >= 11 is 0. The van der Waals surface area contributed by atoms with Gasteiger partial charge in [-0.25, -0.2) is 0 Å². The second-order valence-corrected chi connectivity index (χ2v) is 4.07.